The first kappa shape index (κ1) is 26.5. The van der Waals surface area contributed by atoms with Crippen molar-refractivity contribution in [3.8, 4) is 16.9 Å². The topological polar surface area (TPSA) is 75.7 Å². The molecule has 6 nitrogen and oxygen atoms in total. The van der Waals surface area contributed by atoms with Crippen LogP contribution in [0.25, 0.3) is 11.1 Å². The fourth-order valence-corrected chi connectivity index (χ4v) is 6.87. The molecule has 0 spiro atoms. The molecule has 0 bridgehead atoms. The van der Waals surface area contributed by atoms with E-state index >= 15 is 0 Å². The van der Waals surface area contributed by atoms with E-state index in [1.54, 1.807) is 24.3 Å². The van der Waals surface area contributed by atoms with Crippen LogP contribution in [0.15, 0.2) is 52.7 Å². The maximum Gasteiger partial charge on any atom is 0.419 e. The van der Waals surface area contributed by atoms with E-state index in [-0.39, 0.29) is 20.0 Å². The fraction of sp³-hybridized carbons (Fsp3) is 0.292. The lowest BCUT2D eigenvalue weighted by molar-refractivity contribution is -0.139. The summed E-state index contributed by atoms with van der Waals surface area (Å²) in [4.78, 5) is 13.5. The second-order valence-corrected chi connectivity index (χ2v) is 12.1. The summed E-state index contributed by atoms with van der Waals surface area (Å²) in [7, 11) is -2.38. The first-order chi connectivity index (χ1) is 16.8. The first-order valence-electron chi connectivity index (χ1n) is 10.8. The van der Waals surface area contributed by atoms with Crippen molar-refractivity contribution in [2.75, 3.05) is 24.9 Å². The number of sulfonamides is 1. The van der Waals surface area contributed by atoms with E-state index in [1.165, 1.54) is 13.0 Å². The Hall–Kier alpha value is -2.60. The number of likely N-dealkylation sites (tertiary alicyclic amines) is 1. The molecule has 1 unspecified atom stereocenters. The normalized spacial score (nSPS) is 16.8. The van der Waals surface area contributed by atoms with E-state index in [0.29, 0.717) is 36.2 Å². The Morgan fingerprint density at radius 3 is 2.44 bits per heavy atom. The minimum atomic E-state index is -4.67. The molecule has 0 amide bonds. The molecule has 4 rings (SSSR count). The lowest BCUT2D eigenvalue weighted by Gasteiger charge is -2.19. The standard InChI is InChI=1S/C24H22ClF3N2O4S2/c1-14(31)15-3-5-16(6-4-15)19-12-22(25)35-23(19)36(32,33)29-17-7-8-20(24(26,27)28)21(11-17)34-18-9-10-30(2)13-18/h3-8,11-12,18,29H,9-10,13H2,1-2H3. The van der Waals surface area contributed by atoms with Crippen molar-refractivity contribution in [2.24, 2.45) is 0 Å². The number of carbonyl (C=O) groups excluding carboxylic acids is 1. The lowest BCUT2D eigenvalue weighted by atomic mass is 10.1. The molecular formula is C24H22ClF3N2O4S2. The van der Waals surface area contributed by atoms with Gasteiger partial charge in [0.05, 0.1) is 15.6 Å². The number of nitrogens with one attached hydrogen (secondary N) is 1. The predicted molar refractivity (Wildman–Crippen MR) is 134 cm³/mol. The second-order valence-electron chi connectivity index (χ2n) is 8.49. The average Bonchev–Trinajstić information content (AvgIpc) is 3.38. The molecule has 2 heterocycles. The first-order valence-corrected chi connectivity index (χ1v) is 13.5. The zero-order valence-corrected chi connectivity index (χ0v) is 21.6. The van der Waals surface area contributed by atoms with Crippen molar-refractivity contribution in [1.29, 1.82) is 0 Å². The fourth-order valence-electron chi connectivity index (χ4n) is 3.92. The number of ketones is 1. The Kier molecular flexibility index (Phi) is 7.38. The highest BCUT2D eigenvalue weighted by atomic mass is 35.5. The Morgan fingerprint density at radius 2 is 1.86 bits per heavy atom. The van der Waals surface area contributed by atoms with E-state index in [4.69, 9.17) is 16.3 Å². The number of halogens is 4. The summed E-state index contributed by atoms with van der Waals surface area (Å²) in [6.45, 7) is 2.57. The summed E-state index contributed by atoms with van der Waals surface area (Å²) in [6, 6.07) is 10.8. The van der Waals surface area contributed by atoms with Crippen LogP contribution in [0.3, 0.4) is 0 Å². The number of ether oxygens (including phenoxy) is 1. The van der Waals surface area contributed by atoms with Gasteiger partial charge in [-0.2, -0.15) is 13.2 Å². The smallest absolute Gasteiger partial charge is 0.419 e. The molecular weight excluding hydrogens is 537 g/mol. The SMILES string of the molecule is CC(=O)c1ccc(-c2cc(Cl)sc2S(=O)(=O)Nc2ccc(C(F)(F)F)c(OC3CCN(C)C3)c2)cc1. The Bertz CT molecular complexity index is 1390. The molecule has 2 aromatic carbocycles. The number of benzene rings is 2. The Labute approximate surface area is 215 Å². The van der Waals surface area contributed by atoms with Crippen LogP contribution in [-0.4, -0.2) is 45.3 Å². The van der Waals surface area contributed by atoms with Gasteiger partial charge in [0, 0.05) is 30.3 Å². The third-order valence-electron chi connectivity index (χ3n) is 5.70. The molecule has 1 saturated heterocycles. The summed E-state index contributed by atoms with van der Waals surface area (Å²) >= 11 is 6.95. The van der Waals surface area contributed by atoms with Crippen molar-refractivity contribution in [2.45, 2.75) is 29.8 Å². The number of hydrogen-bond donors (Lipinski definition) is 1. The number of thiophene rings is 1. The van der Waals surface area contributed by atoms with Gasteiger partial charge in [0.25, 0.3) is 10.0 Å². The second kappa shape index (κ2) is 10.0. The molecule has 0 saturated carbocycles. The molecule has 1 atom stereocenters. The molecule has 1 aliphatic heterocycles. The summed E-state index contributed by atoms with van der Waals surface area (Å²) in [5.41, 5.74) is 0.237. The van der Waals surface area contributed by atoms with Crippen molar-refractivity contribution >= 4 is 44.4 Å². The van der Waals surface area contributed by atoms with Gasteiger partial charge in [0.15, 0.2) is 5.78 Å². The van der Waals surface area contributed by atoms with Crippen LogP contribution in [0.4, 0.5) is 18.9 Å². The van der Waals surface area contributed by atoms with Crippen molar-refractivity contribution in [3.05, 3.63) is 64.0 Å². The third-order valence-corrected chi connectivity index (χ3v) is 8.87. The number of hydrogen-bond acceptors (Lipinski definition) is 6. The zero-order valence-electron chi connectivity index (χ0n) is 19.2. The highest BCUT2D eigenvalue weighted by Gasteiger charge is 2.36. The van der Waals surface area contributed by atoms with Gasteiger partial charge >= 0.3 is 6.18 Å². The molecule has 0 aliphatic carbocycles. The van der Waals surface area contributed by atoms with Crippen molar-refractivity contribution in [3.63, 3.8) is 0 Å². The molecule has 0 radical (unpaired) electrons. The predicted octanol–water partition coefficient (Wildman–Crippen LogP) is 6.17. The molecule has 1 fully saturated rings. The van der Waals surface area contributed by atoms with E-state index in [0.717, 1.165) is 29.5 Å². The minimum Gasteiger partial charge on any atom is -0.488 e. The van der Waals surface area contributed by atoms with Gasteiger partial charge < -0.3 is 9.64 Å². The van der Waals surface area contributed by atoms with Gasteiger partial charge in [0.2, 0.25) is 0 Å². The minimum absolute atomic E-state index is 0.0771. The highest BCUT2D eigenvalue weighted by molar-refractivity contribution is 7.94. The van der Waals surface area contributed by atoms with E-state index in [9.17, 15) is 26.4 Å². The average molecular weight is 559 g/mol. The quantitative estimate of drug-likeness (QED) is 0.351. The van der Waals surface area contributed by atoms with Gasteiger partial charge in [-0.25, -0.2) is 8.42 Å². The highest BCUT2D eigenvalue weighted by Crippen LogP contribution is 2.41. The van der Waals surface area contributed by atoms with Crippen LogP contribution in [0, 0.1) is 0 Å². The van der Waals surface area contributed by atoms with Gasteiger partial charge in [-0.3, -0.25) is 9.52 Å². The van der Waals surface area contributed by atoms with Crippen molar-refractivity contribution in [1.82, 2.24) is 4.90 Å². The van der Waals surface area contributed by atoms with Crippen LogP contribution in [-0.2, 0) is 16.2 Å². The summed E-state index contributed by atoms with van der Waals surface area (Å²) in [5, 5.41) is 0. The number of nitrogens with zero attached hydrogens (tertiary/aromatic N) is 1. The maximum absolute atomic E-state index is 13.6. The van der Waals surface area contributed by atoms with Crippen LogP contribution in [0.2, 0.25) is 4.34 Å². The number of rotatable bonds is 7. The third kappa shape index (κ3) is 5.86. The summed E-state index contributed by atoms with van der Waals surface area (Å²) < 4.78 is 75.4. The number of anilines is 1. The largest absolute Gasteiger partial charge is 0.488 e. The molecule has 1 aliphatic rings. The number of alkyl halides is 3. The monoisotopic (exact) mass is 558 g/mol. The number of likely N-dealkylation sites (N-methyl/N-ethyl adjacent to an activating group) is 1. The Balaban J connectivity index is 1.66. The van der Waals surface area contributed by atoms with Crippen LogP contribution < -0.4 is 9.46 Å². The molecule has 192 valence electrons. The lowest BCUT2D eigenvalue weighted by Crippen LogP contribution is -2.23. The zero-order chi connectivity index (χ0) is 26.3. The molecule has 1 N–H and O–H groups in total. The van der Waals surface area contributed by atoms with Crippen LogP contribution >= 0.6 is 22.9 Å². The van der Waals surface area contributed by atoms with E-state index in [2.05, 4.69) is 4.72 Å². The van der Waals surface area contributed by atoms with Gasteiger partial charge in [0.1, 0.15) is 16.1 Å². The van der Waals surface area contributed by atoms with Crippen LogP contribution in [0.5, 0.6) is 5.75 Å². The maximum atomic E-state index is 13.6. The van der Waals surface area contributed by atoms with Gasteiger partial charge in [-0.1, -0.05) is 35.9 Å². The Morgan fingerprint density at radius 1 is 1.17 bits per heavy atom. The number of Topliss-reactive ketones (excluding diaryl/α,β-unsaturated/α-hetero) is 1. The van der Waals surface area contributed by atoms with Gasteiger partial charge in [-0.05, 0) is 44.2 Å². The van der Waals surface area contributed by atoms with Crippen molar-refractivity contribution < 1.29 is 31.1 Å². The van der Waals surface area contributed by atoms with E-state index in [1.807, 2.05) is 11.9 Å². The van der Waals surface area contributed by atoms with E-state index < -0.39 is 33.6 Å². The summed E-state index contributed by atoms with van der Waals surface area (Å²) in [6.07, 6.45) is -4.55. The molecule has 12 heteroatoms. The molecule has 3 aromatic rings. The number of carbonyl (C=O) groups is 1. The molecule has 36 heavy (non-hydrogen) atoms. The van der Waals surface area contributed by atoms with Gasteiger partial charge in [-0.15, -0.1) is 11.3 Å². The summed E-state index contributed by atoms with van der Waals surface area (Å²) in [5.74, 6) is -0.573. The van der Waals surface area contributed by atoms with Crippen LogP contribution in [0.1, 0.15) is 29.3 Å². The molecule has 1 aromatic heterocycles.